The van der Waals surface area contributed by atoms with Gasteiger partial charge in [0.15, 0.2) is 5.96 Å². The lowest BCUT2D eigenvalue weighted by Crippen LogP contribution is -2.48. The monoisotopic (exact) mass is 292 g/mol. The number of piperidine rings is 1. The van der Waals surface area contributed by atoms with Gasteiger partial charge in [-0.25, -0.2) is 0 Å². The largest absolute Gasteiger partial charge is 0.361 e. The number of hydrogen-bond acceptors (Lipinski definition) is 3. The molecule has 2 unspecified atom stereocenters. The maximum atomic E-state index is 5.21. The van der Waals surface area contributed by atoms with Crippen molar-refractivity contribution in [3.8, 4) is 0 Å². The molecule has 118 valence electrons. The predicted molar refractivity (Wildman–Crippen MR) is 85.6 cm³/mol. The van der Waals surface area contributed by atoms with Gasteiger partial charge >= 0.3 is 0 Å². The SMILES string of the molecule is CN=C(NCCc1c(C)noc1C)N1CC(C)CC(C)C1. The van der Waals surface area contributed by atoms with E-state index in [0.29, 0.717) is 0 Å². The third-order valence-corrected chi connectivity index (χ3v) is 4.22. The zero-order valence-electron chi connectivity index (χ0n) is 13.9. The molecular formula is C16H28N4O. The Kier molecular flexibility index (Phi) is 5.26. The fraction of sp³-hybridized carbons (Fsp3) is 0.750. The summed E-state index contributed by atoms with van der Waals surface area (Å²) in [7, 11) is 1.86. The van der Waals surface area contributed by atoms with Crippen LogP contribution in [0.3, 0.4) is 0 Å². The summed E-state index contributed by atoms with van der Waals surface area (Å²) in [6.45, 7) is 11.6. The van der Waals surface area contributed by atoms with Gasteiger partial charge in [0.2, 0.25) is 0 Å². The lowest BCUT2D eigenvalue weighted by Gasteiger charge is -2.37. The van der Waals surface area contributed by atoms with Gasteiger partial charge in [0.05, 0.1) is 5.69 Å². The van der Waals surface area contributed by atoms with E-state index in [1.54, 1.807) is 0 Å². The van der Waals surface area contributed by atoms with Crippen LogP contribution in [-0.2, 0) is 6.42 Å². The van der Waals surface area contributed by atoms with Crippen molar-refractivity contribution in [2.45, 2.75) is 40.5 Å². The first-order chi connectivity index (χ1) is 10.0. The summed E-state index contributed by atoms with van der Waals surface area (Å²) in [6, 6.07) is 0. The van der Waals surface area contributed by atoms with Crippen LogP contribution in [-0.4, -0.2) is 42.7 Å². The Morgan fingerprint density at radius 2 is 2.00 bits per heavy atom. The lowest BCUT2D eigenvalue weighted by atomic mass is 9.92. The summed E-state index contributed by atoms with van der Waals surface area (Å²) in [5.41, 5.74) is 2.20. The molecule has 2 heterocycles. The average molecular weight is 292 g/mol. The van der Waals surface area contributed by atoms with E-state index in [9.17, 15) is 0 Å². The first-order valence-electron chi connectivity index (χ1n) is 7.88. The van der Waals surface area contributed by atoms with Gasteiger partial charge in [-0.1, -0.05) is 19.0 Å². The van der Waals surface area contributed by atoms with Gasteiger partial charge in [-0.05, 0) is 38.5 Å². The molecular weight excluding hydrogens is 264 g/mol. The highest BCUT2D eigenvalue weighted by atomic mass is 16.5. The molecule has 0 spiro atoms. The highest BCUT2D eigenvalue weighted by Crippen LogP contribution is 2.20. The summed E-state index contributed by atoms with van der Waals surface area (Å²) >= 11 is 0. The number of nitrogens with zero attached hydrogens (tertiary/aromatic N) is 3. The molecule has 0 bridgehead atoms. The molecule has 1 aromatic heterocycles. The van der Waals surface area contributed by atoms with Gasteiger partial charge in [0.1, 0.15) is 5.76 Å². The smallest absolute Gasteiger partial charge is 0.193 e. The van der Waals surface area contributed by atoms with Crippen LogP contribution in [0.25, 0.3) is 0 Å². The van der Waals surface area contributed by atoms with Crippen molar-refractivity contribution in [1.29, 1.82) is 0 Å². The molecule has 1 N–H and O–H groups in total. The van der Waals surface area contributed by atoms with Crippen molar-refractivity contribution in [1.82, 2.24) is 15.4 Å². The number of nitrogens with one attached hydrogen (secondary N) is 1. The van der Waals surface area contributed by atoms with Gasteiger partial charge in [-0.2, -0.15) is 0 Å². The molecule has 1 fully saturated rings. The van der Waals surface area contributed by atoms with E-state index in [4.69, 9.17) is 4.52 Å². The Morgan fingerprint density at radius 3 is 2.52 bits per heavy atom. The molecule has 21 heavy (non-hydrogen) atoms. The molecule has 2 rings (SSSR count). The van der Waals surface area contributed by atoms with Crippen molar-refractivity contribution in [2.24, 2.45) is 16.8 Å². The zero-order chi connectivity index (χ0) is 15.4. The second-order valence-electron chi connectivity index (χ2n) is 6.38. The summed E-state index contributed by atoms with van der Waals surface area (Å²) in [5, 5.41) is 7.48. The van der Waals surface area contributed by atoms with E-state index in [2.05, 4.69) is 34.2 Å². The van der Waals surface area contributed by atoms with Crippen molar-refractivity contribution in [3.63, 3.8) is 0 Å². The predicted octanol–water partition coefficient (Wildman–Crippen LogP) is 2.39. The topological polar surface area (TPSA) is 53.7 Å². The Labute approximate surface area is 127 Å². The average Bonchev–Trinajstić information content (AvgIpc) is 2.73. The van der Waals surface area contributed by atoms with Crippen LogP contribution in [0.4, 0.5) is 0 Å². The van der Waals surface area contributed by atoms with Crippen LogP contribution in [0.15, 0.2) is 9.52 Å². The number of likely N-dealkylation sites (tertiary alicyclic amines) is 1. The number of aromatic nitrogens is 1. The normalized spacial score (nSPS) is 23.5. The van der Waals surface area contributed by atoms with E-state index in [0.717, 1.165) is 55.3 Å². The van der Waals surface area contributed by atoms with Crippen molar-refractivity contribution in [2.75, 3.05) is 26.7 Å². The first kappa shape index (κ1) is 15.9. The van der Waals surface area contributed by atoms with Gasteiger partial charge in [-0.15, -0.1) is 0 Å². The Morgan fingerprint density at radius 1 is 1.33 bits per heavy atom. The molecule has 1 aliphatic heterocycles. The molecule has 1 saturated heterocycles. The fourth-order valence-corrected chi connectivity index (χ4v) is 3.33. The highest BCUT2D eigenvalue weighted by Gasteiger charge is 2.23. The van der Waals surface area contributed by atoms with Crippen LogP contribution in [0.2, 0.25) is 0 Å². The first-order valence-corrected chi connectivity index (χ1v) is 7.88. The Balaban J connectivity index is 1.88. The van der Waals surface area contributed by atoms with Gasteiger partial charge < -0.3 is 14.7 Å². The van der Waals surface area contributed by atoms with Crippen LogP contribution in [0.5, 0.6) is 0 Å². The third kappa shape index (κ3) is 3.99. The third-order valence-electron chi connectivity index (χ3n) is 4.22. The number of hydrogen-bond donors (Lipinski definition) is 1. The van der Waals surface area contributed by atoms with Crippen molar-refractivity contribution in [3.05, 3.63) is 17.0 Å². The maximum absolute atomic E-state index is 5.21. The minimum Gasteiger partial charge on any atom is -0.361 e. The second-order valence-corrected chi connectivity index (χ2v) is 6.38. The number of rotatable bonds is 3. The Hall–Kier alpha value is -1.52. The summed E-state index contributed by atoms with van der Waals surface area (Å²) in [4.78, 5) is 6.82. The molecule has 1 aromatic rings. The van der Waals surface area contributed by atoms with E-state index in [1.807, 2.05) is 20.9 Å². The standard InChI is InChI=1S/C16H28N4O/c1-11-8-12(2)10-20(9-11)16(17-5)18-7-6-15-13(3)19-21-14(15)4/h11-12H,6-10H2,1-5H3,(H,17,18). The van der Waals surface area contributed by atoms with E-state index in [-0.39, 0.29) is 0 Å². The van der Waals surface area contributed by atoms with Gasteiger partial charge in [-0.3, -0.25) is 4.99 Å². The molecule has 0 amide bonds. The molecule has 0 saturated carbocycles. The molecule has 1 aliphatic rings. The van der Waals surface area contributed by atoms with E-state index in [1.165, 1.54) is 12.0 Å². The number of aliphatic imine (C=N–C) groups is 1. The molecule has 0 aromatic carbocycles. The van der Waals surface area contributed by atoms with E-state index < -0.39 is 0 Å². The number of aryl methyl sites for hydroxylation is 2. The summed E-state index contributed by atoms with van der Waals surface area (Å²) in [5.74, 6) is 3.40. The molecule has 5 heteroatoms. The molecule has 2 atom stereocenters. The highest BCUT2D eigenvalue weighted by molar-refractivity contribution is 5.80. The Bertz CT molecular complexity index is 465. The number of guanidine groups is 1. The minimum atomic E-state index is 0.731. The maximum Gasteiger partial charge on any atom is 0.193 e. The van der Waals surface area contributed by atoms with Crippen LogP contribution in [0, 0.1) is 25.7 Å². The van der Waals surface area contributed by atoms with Gasteiger partial charge in [0.25, 0.3) is 0 Å². The lowest BCUT2D eigenvalue weighted by molar-refractivity contribution is 0.208. The molecule has 0 radical (unpaired) electrons. The van der Waals surface area contributed by atoms with Crippen LogP contribution < -0.4 is 5.32 Å². The zero-order valence-corrected chi connectivity index (χ0v) is 13.9. The van der Waals surface area contributed by atoms with Crippen molar-refractivity contribution >= 4 is 5.96 Å². The molecule has 5 nitrogen and oxygen atoms in total. The quantitative estimate of drug-likeness (QED) is 0.686. The van der Waals surface area contributed by atoms with Crippen molar-refractivity contribution < 1.29 is 4.52 Å². The summed E-state index contributed by atoms with van der Waals surface area (Å²) < 4.78 is 5.21. The van der Waals surface area contributed by atoms with Crippen LogP contribution >= 0.6 is 0 Å². The minimum absolute atomic E-state index is 0.731. The van der Waals surface area contributed by atoms with E-state index >= 15 is 0 Å². The molecule has 0 aliphatic carbocycles. The summed E-state index contributed by atoms with van der Waals surface area (Å²) in [6.07, 6.45) is 2.23. The van der Waals surface area contributed by atoms with Crippen LogP contribution in [0.1, 0.15) is 37.3 Å². The fourth-order valence-electron chi connectivity index (χ4n) is 3.33. The second kappa shape index (κ2) is 6.96. The van der Waals surface area contributed by atoms with Gasteiger partial charge in [0, 0.05) is 32.2 Å².